The first-order chi connectivity index (χ1) is 8.74. The Kier molecular flexibility index (Phi) is 2.70. The quantitative estimate of drug-likeness (QED) is 0.881. The van der Waals surface area contributed by atoms with Gasteiger partial charge in [0.15, 0.2) is 0 Å². The van der Waals surface area contributed by atoms with Crippen LogP contribution >= 0.6 is 0 Å². The minimum Gasteiger partial charge on any atom is -0.467 e. The van der Waals surface area contributed by atoms with Crippen molar-refractivity contribution in [2.75, 3.05) is 5.73 Å². The highest BCUT2D eigenvalue weighted by atomic mass is 16.5. The molecule has 18 heavy (non-hydrogen) atoms. The van der Waals surface area contributed by atoms with Gasteiger partial charge in [-0.25, -0.2) is 0 Å². The molecule has 0 aliphatic heterocycles. The lowest BCUT2D eigenvalue weighted by Gasteiger charge is -2.25. The molecule has 1 unspecified atom stereocenters. The summed E-state index contributed by atoms with van der Waals surface area (Å²) in [5.74, 6) is 0.541. The zero-order valence-electron chi connectivity index (χ0n) is 10.5. The van der Waals surface area contributed by atoms with E-state index in [1.165, 1.54) is 11.1 Å². The van der Waals surface area contributed by atoms with Gasteiger partial charge in [-0.2, -0.15) is 0 Å². The summed E-state index contributed by atoms with van der Waals surface area (Å²) in [6.07, 6.45) is 5.14. The molecule has 0 fully saturated rings. The summed E-state index contributed by atoms with van der Waals surface area (Å²) in [6.45, 7) is 0. The van der Waals surface area contributed by atoms with Crippen LogP contribution in [0.3, 0.4) is 0 Å². The largest absolute Gasteiger partial charge is 0.467 e. The average Bonchev–Trinajstić information content (AvgIpc) is 2.68. The smallest absolute Gasteiger partial charge is 0.256 e. The molecule has 2 N–H and O–H groups in total. The van der Waals surface area contributed by atoms with Crippen LogP contribution < -0.4 is 10.5 Å². The molecular formula is C14H17N3O. The van der Waals surface area contributed by atoms with E-state index in [2.05, 4.69) is 29.4 Å². The number of hydrogen-bond donors (Lipinski definition) is 1. The van der Waals surface area contributed by atoms with Gasteiger partial charge in [0.2, 0.25) is 0 Å². The molecule has 2 aromatic rings. The Balaban J connectivity index is 1.88. The van der Waals surface area contributed by atoms with Crippen molar-refractivity contribution in [2.24, 2.45) is 7.05 Å². The van der Waals surface area contributed by atoms with Crippen LogP contribution in [0.15, 0.2) is 30.5 Å². The first-order valence-corrected chi connectivity index (χ1v) is 6.27. The highest BCUT2D eigenvalue weighted by Gasteiger charge is 2.22. The third kappa shape index (κ3) is 1.94. The number of ether oxygens (including phenoxy) is 1. The van der Waals surface area contributed by atoms with E-state index in [1.54, 1.807) is 10.9 Å². The summed E-state index contributed by atoms with van der Waals surface area (Å²) in [4.78, 5) is 0. The summed E-state index contributed by atoms with van der Waals surface area (Å²) in [5, 5.41) is 4.25. The zero-order chi connectivity index (χ0) is 12.5. The van der Waals surface area contributed by atoms with E-state index in [9.17, 15) is 0 Å². The summed E-state index contributed by atoms with van der Waals surface area (Å²) < 4.78 is 7.66. The average molecular weight is 243 g/mol. The van der Waals surface area contributed by atoms with Gasteiger partial charge in [-0.3, -0.25) is 4.68 Å². The number of benzene rings is 1. The second-order valence-corrected chi connectivity index (χ2v) is 4.76. The van der Waals surface area contributed by atoms with Gasteiger partial charge in [0, 0.05) is 7.05 Å². The van der Waals surface area contributed by atoms with Crippen molar-refractivity contribution in [2.45, 2.75) is 25.4 Å². The molecule has 1 aromatic carbocycles. The van der Waals surface area contributed by atoms with E-state index < -0.39 is 0 Å². The standard InChI is InChI=1S/C14H17N3O/c1-17-9-12(15)14(16-17)18-13-8-4-6-10-5-2-3-7-11(10)13/h2-3,5,7,9,13H,4,6,8,15H2,1H3. The number of fused-ring (bicyclic) bond motifs is 1. The van der Waals surface area contributed by atoms with Gasteiger partial charge in [0.1, 0.15) is 11.8 Å². The highest BCUT2D eigenvalue weighted by Crippen LogP contribution is 2.34. The van der Waals surface area contributed by atoms with Crippen LogP contribution in [-0.2, 0) is 13.5 Å². The Morgan fingerprint density at radius 1 is 1.39 bits per heavy atom. The van der Waals surface area contributed by atoms with Crippen LogP contribution in [0.2, 0.25) is 0 Å². The summed E-state index contributed by atoms with van der Waals surface area (Å²) in [6, 6.07) is 8.45. The first kappa shape index (κ1) is 11.1. The summed E-state index contributed by atoms with van der Waals surface area (Å²) in [5.41, 5.74) is 9.12. The van der Waals surface area contributed by atoms with Gasteiger partial charge in [0.05, 0.1) is 6.20 Å². The van der Waals surface area contributed by atoms with Crippen LogP contribution in [0.4, 0.5) is 5.69 Å². The molecule has 94 valence electrons. The number of nitrogens with zero attached hydrogens (tertiary/aromatic N) is 2. The van der Waals surface area contributed by atoms with Crippen molar-refractivity contribution in [1.82, 2.24) is 9.78 Å². The lowest BCUT2D eigenvalue weighted by Crippen LogP contribution is -2.15. The van der Waals surface area contributed by atoms with Crippen molar-refractivity contribution in [3.8, 4) is 5.88 Å². The highest BCUT2D eigenvalue weighted by molar-refractivity contribution is 5.46. The second kappa shape index (κ2) is 4.37. The van der Waals surface area contributed by atoms with Crippen LogP contribution in [0.5, 0.6) is 5.88 Å². The zero-order valence-corrected chi connectivity index (χ0v) is 10.5. The SMILES string of the molecule is Cn1cc(N)c(OC2CCCc3ccccc32)n1. The van der Waals surface area contributed by atoms with Crippen molar-refractivity contribution in [1.29, 1.82) is 0 Å². The van der Waals surface area contributed by atoms with E-state index in [4.69, 9.17) is 10.5 Å². The van der Waals surface area contributed by atoms with E-state index in [-0.39, 0.29) is 6.10 Å². The molecule has 1 heterocycles. The fraction of sp³-hybridized carbons (Fsp3) is 0.357. The van der Waals surface area contributed by atoms with E-state index >= 15 is 0 Å². The molecule has 1 aliphatic carbocycles. The Morgan fingerprint density at radius 2 is 2.22 bits per heavy atom. The van der Waals surface area contributed by atoms with Gasteiger partial charge < -0.3 is 10.5 Å². The minimum atomic E-state index is 0.0761. The number of hydrogen-bond acceptors (Lipinski definition) is 3. The number of nitrogen functional groups attached to an aromatic ring is 1. The number of rotatable bonds is 2. The third-order valence-electron chi connectivity index (χ3n) is 3.39. The molecular weight excluding hydrogens is 226 g/mol. The van der Waals surface area contributed by atoms with E-state index in [1.807, 2.05) is 7.05 Å². The van der Waals surface area contributed by atoms with Crippen LogP contribution in [-0.4, -0.2) is 9.78 Å². The minimum absolute atomic E-state index is 0.0761. The van der Waals surface area contributed by atoms with Crippen molar-refractivity contribution < 1.29 is 4.74 Å². The third-order valence-corrected chi connectivity index (χ3v) is 3.39. The van der Waals surface area contributed by atoms with Crippen molar-refractivity contribution in [3.05, 3.63) is 41.6 Å². The molecule has 0 saturated heterocycles. The maximum Gasteiger partial charge on any atom is 0.256 e. The molecule has 4 heteroatoms. The molecule has 0 radical (unpaired) electrons. The Morgan fingerprint density at radius 3 is 3.00 bits per heavy atom. The molecule has 0 amide bonds. The van der Waals surface area contributed by atoms with Gasteiger partial charge >= 0.3 is 0 Å². The van der Waals surface area contributed by atoms with E-state index in [0.29, 0.717) is 11.6 Å². The molecule has 1 aromatic heterocycles. The monoisotopic (exact) mass is 243 g/mol. The second-order valence-electron chi connectivity index (χ2n) is 4.76. The number of nitrogens with two attached hydrogens (primary N) is 1. The molecule has 4 nitrogen and oxygen atoms in total. The van der Waals surface area contributed by atoms with Gasteiger partial charge in [-0.15, -0.1) is 5.10 Å². The summed E-state index contributed by atoms with van der Waals surface area (Å²) >= 11 is 0. The normalized spacial score (nSPS) is 18.4. The maximum atomic E-state index is 5.98. The Hall–Kier alpha value is -1.97. The number of anilines is 1. The Labute approximate surface area is 106 Å². The fourth-order valence-corrected chi connectivity index (χ4v) is 2.54. The summed E-state index contributed by atoms with van der Waals surface area (Å²) in [7, 11) is 1.85. The molecule has 0 spiro atoms. The lowest BCUT2D eigenvalue weighted by molar-refractivity contribution is 0.175. The molecule has 0 bridgehead atoms. The van der Waals surface area contributed by atoms with Gasteiger partial charge in [0.25, 0.3) is 5.88 Å². The number of aryl methyl sites for hydroxylation is 2. The van der Waals surface area contributed by atoms with Crippen LogP contribution in [0, 0.1) is 0 Å². The molecule has 1 atom stereocenters. The Bertz CT molecular complexity index is 562. The maximum absolute atomic E-state index is 5.98. The van der Waals surface area contributed by atoms with Gasteiger partial charge in [-0.05, 0) is 30.4 Å². The topological polar surface area (TPSA) is 53.1 Å². The molecule has 1 aliphatic rings. The predicted octanol–water partition coefficient (Wildman–Crippen LogP) is 2.46. The predicted molar refractivity (Wildman–Crippen MR) is 70.4 cm³/mol. The van der Waals surface area contributed by atoms with Crippen molar-refractivity contribution in [3.63, 3.8) is 0 Å². The van der Waals surface area contributed by atoms with Crippen molar-refractivity contribution >= 4 is 5.69 Å². The van der Waals surface area contributed by atoms with Gasteiger partial charge in [-0.1, -0.05) is 24.3 Å². The lowest BCUT2D eigenvalue weighted by atomic mass is 9.89. The fourth-order valence-electron chi connectivity index (χ4n) is 2.54. The van der Waals surface area contributed by atoms with E-state index in [0.717, 1.165) is 19.3 Å². The first-order valence-electron chi connectivity index (χ1n) is 6.27. The van der Waals surface area contributed by atoms with Crippen LogP contribution in [0.25, 0.3) is 0 Å². The molecule has 0 saturated carbocycles. The van der Waals surface area contributed by atoms with Crippen LogP contribution in [0.1, 0.15) is 30.1 Å². The molecule has 3 rings (SSSR count). The number of aromatic nitrogens is 2.